The van der Waals surface area contributed by atoms with E-state index in [-0.39, 0.29) is 5.91 Å². The summed E-state index contributed by atoms with van der Waals surface area (Å²) in [6.45, 7) is 1.01. The Morgan fingerprint density at radius 3 is 2.00 bits per heavy atom. The number of nitrogens with zero attached hydrogens (tertiary/aromatic N) is 1. The van der Waals surface area contributed by atoms with Crippen molar-refractivity contribution >= 4 is 11.6 Å². The molecule has 0 fully saturated rings. The van der Waals surface area contributed by atoms with Gasteiger partial charge in [-0.3, -0.25) is 9.69 Å². The quantitative estimate of drug-likeness (QED) is 0.854. The van der Waals surface area contributed by atoms with Gasteiger partial charge in [0, 0.05) is 12.2 Å². The zero-order valence-electron chi connectivity index (χ0n) is 13.7. The van der Waals surface area contributed by atoms with Gasteiger partial charge in [-0.05, 0) is 49.0 Å². The molecule has 0 aliphatic heterocycles. The minimum absolute atomic E-state index is 0.0498. The third-order valence-corrected chi connectivity index (χ3v) is 3.40. The Balaban J connectivity index is 1.83. The average Bonchev–Trinajstić information content (AvgIpc) is 2.56. The molecular formula is C18H22N2O3. The van der Waals surface area contributed by atoms with Gasteiger partial charge >= 0.3 is 0 Å². The Hall–Kier alpha value is -2.53. The summed E-state index contributed by atoms with van der Waals surface area (Å²) < 4.78 is 10.2. The van der Waals surface area contributed by atoms with Crippen LogP contribution in [0.5, 0.6) is 11.5 Å². The van der Waals surface area contributed by atoms with E-state index < -0.39 is 0 Å². The Morgan fingerprint density at radius 2 is 1.48 bits per heavy atom. The topological polar surface area (TPSA) is 50.8 Å². The van der Waals surface area contributed by atoms with Crippen LogP contribution in [0.3, 0.4) is 0 Å². The van der Waals surface area contributed by atoms with Crippen LogP contribution in [-0.2, 0) is 11.3 Å². The Morgan fingerprint density at radius 1 is 0.957 bits per heavy atom. The lowest BCUT2D eigenvalue weighted by atomic mass is 10.2. The number of anilines is 1. The first-order chi connectivity index (χ1) is 11.1. The molecule has 0 unspecified atom stereocenters. The van der Waals surface area contributed by atoms with Crippen molar-refractivity contribution < 1.29 is 14.3 Å². The second kappa shape index (κ2) is 8.19. The van der Waals surface area contributed by atoms with Gasteiger partial charge in [-0.25, -0.2) is 0 Å². The number of carbonyl (C=O) groups is 1. The Bertz CT molecular complexity index is 624. The van der Waals surface area contributed by atoms with E-state index in [0.717, 1.165) is 22.7 Å². The van der Waals surface area contributed by atoms with Gasteiger partial charge in [0.15, 0.2) is 0 Å². The van der Waals surface area contributed by atoms with Crippen LogP contribution in [0.15, 0.2) is 48.5 Å². The summed E-state index contributed by atoms with van der Waals surface area (Å²) >= 11 is 0. The van der Waals surface area contributed by atoms with Crippen molar-refractivity contribution in [2.45, 2.75) is 6.54 Å². The van der Waals surface area contributed by atoms with Gasteiger partial charge in [0.2, 0.25) is 5.91 Å². The molecule has 1 amide bonds. The van der Waals surface area contributed by atoms with Crippen LogP contribution < -0.4 is 14.8 Å². The maximum absolute atomic E-state index is 12.1. The lowest BCUT2D eigenvalue weighted by molar-refractivity contribution is -0.117. The first-order valence-corrected chi connectivity index (χ1v) is 7.36. The molecule has 0 aromatic heterocycles. The van der Waals surface area contributed by atoms with Crippen LogP contribution in [-0.4, -0.2) is 38.6 Å². The van der Waals surface area contributed by atoms with Crippen LogP contribution in [0.25, 0.3) is 0 Å². The third-order valence-electron chi connectivity index (χ3n) is 3.40. The van der Waals surface area contributed by atoms with Crippen LogP contribution in [0, 0.1) is 0 Å². The molecule has 0 radical (unpaired) electrons. The van der Waals surface area contributed by atoms with Crippen molar-refractivity contribution in [1.29, 1.82) is 0 Å². The minimum atomic E-state index is -0.0498. The molecule has 0 aliphatic rings. The van der Waals surface area contributed by atoms with Gasteiger partial charge in [0.25, 0.3) is 0 Å². The molecule has 23 heavy (non-hydrogen) atoms. The SMILES string of the molecule is COc1ccc(CN(C)CC(=O)Nc2ccc(OC)cc2)cc1. The van der Waals surface area contributed by atoms with E-state index in [2.05, 4.69) is 5.32 Å². The van der Waals surface area contributed by atoms with Gasteiger partial charge in [-0.2, -0.15) is 0 Å². The van der Waals surface area contributed by atoms with E-state index >= 15 is 0 Å². The third kappa shape index (κ3) is 5.30. The number of nitrogens with one attached hydrogen (secondary N) is 1. The highest BCUT2D eigenvalue weighted by Gasteiger charge is 2.08. The first kappa shape index (κ1) is 16.8. The number of ether oxygens (including phenoxy) is 2. The van der Waals surface area contributed by atoms with Crippen molar-refractivity contribution in [2.24, 2.45) is 0 Å². The van der Waals surface area contributed by atoms with Crippen molar-refractivity contribution in [2.75, 3.05) is 33.1 Å². The van der Waals surface area contributed by atoms with E-state index in [0.29, 0.717) is 13.1 Å². The molecule has 0 saturated carbocycles. The normalized spacial score (nSPS) is 10.4. The molecule has 122 valence electrons. The molecule has 0 atom stereocenters. The summed E-state index contributed by atoms with van der Waals surface area (Å²) in [6, 6.07) is 15.1. The fraction of sp³-hybridized carbons (Fsp3) is 0.278. The molecule has 2 aromatic carbocycles. The molecule has 0 spiro atoms. The van der Waals surface area contributed by atoms with Gasteiger partial charge < -0.3 is 14.8 Å². The molecule has 5 nitrogen and oxygen atoms in total. The number of methoxy groups -OCH3 is 2. The largest absolute Gasteiger partial charge is 0.497 e. The summed E-state index contributed by atoms with van der Waals surface area (Å²) in [4.78, 5) is 14.0. The van der Waals surface area contributed by atoms with Crippen molar-refractivity contribution in [3.05, 3.63) is 54.1 Å². The number of carbonyl (C=O) groups excluding carboxylic acids is 1. The predicted molar refractivity (Wildman–Crippen MR) is 91.0 cm³/mol. The lowest BCUT2D eigenvalue weighted by Crippen LogP contribution is -2.29. The summed E-state index contributed by atoms with van der Waals surface area (Å²) in [5, 5.41) is 2.87. The minimum Gasteiger partial charge on any atom is -0.497 e. The number of hydrogen-bond donors (Lipinski definition) is 1. The highest BCUT2D eigenvalue weighted by molar-refractivity contribution is 5.92. The van der Waals surface area contributed by atoms with Crippen molar-refractivity contribution in [3.63, 3.8) is 0 Å². The fourth-order valence-electron chi connectivity index (χ4n) is 2.22. The van der Waals surface area contributed by atoms with E-state index in [4.69, 9.17) is 9.47 Å². The summed E-state index contributed by atoms with van der Waals surface area (Å²) in [7, 11) is 5.17. The van der Waals surface area contributed by atoms with Crippen LogP contribution in [0.4, 0.5) is 5.69 Å². The summed E-state index contributed by atoms with van der Waals surface area (Å²) in [6.07, 6.45) is 0. The van der Waals surface area contributed by atoms with Crippen molar-refractivity contribution in [3.8, 4) is 11.5 Å². The van der Waals surface area contributed by atoms with Gasteiger partial charge in [-0.1, -0.05) is 12.1 Å². The highest BCUT2D eigenvalue weighted by atomic mass is 16.5. The number of benzene rings is 2. The predicted octanol–water partition coefficient (Wildman–Crippen LogP) is 2.77. The zero-order chi connectivity index (χ0) is 16.7. The van der Waals surface area contributed by atoms with Crippen LogP contribution in [0.2, 0.25) is 0 Å². The Labute approximate surface area is 136 Å². The zero-order valence-corrected chi connectivity index (χ0v) is 13.7. The van der Waals surface area contributed by atoms with Gasteiger partial charge in [-0.15, -0.1) is 0 Å². The molecule has 0 heterocycles. The van der Waals surface area contributed by atoms with Crippen molar-refractivity contribution in [1.82, 2.24) is 4.90 Å². The number of hydrogen-bond acceptors (Lipinski definition) is 4. The smallest absolute Gasteiger partial charge is 0.238 e. The van der Waals surface area contributed by atoms with E-state index in [9.17, 15) is 4.79 Å². The van der Waals surface area contributed by atoms with E-state index in [1.807, 2.05) is 60.5 Å². The molecular weight excluding hydrogens is 292 g/mol. The number of amides is 1. The van der Waals surface area contributed by atoms with Crippen LogP contribution in [0.1, 0.15) is 5.56 Å². The van der Waals surface area contributed by atoms with E-state index in [1.54, 1.807) is 14.2 Å². The number of rotatable bonds is 7. The number of likely N-dealkylation sites (N-methyl/N-ethyl adjacent to an activating group) is 1. The molecule has 0 bridgehead atoms. The monoisotopic (exact) mass is 314 g/mol. The summed E-state index contributed by atoms with van der Waals surface area (Å²) in [5.41, 5.74) is 1.89. The molecule has 5 heteroatoms. The fourth-order valence-corrected chi connectivity index (χ4v) is 2.22. The molecule has 2 rings (SSSR count). The standard InChI is InChI=1S/C18H22N2O3/c1-20(12-14-4-8-16(22-2)9-5-14)13-18(21)19-15-6-10-17(23-3)11-7-15/h4-11H,12-13H2,1-3H3,(H,19,21). The molecule has 0 saturated heterocycles. The van der Waals surface area contributed by atoms with Crippen LogP contribution >= 0.6 is 0 Å². The second-order valence-corrected chi connectivity index (χ2v) is 5.30. The van der Waals surface area contributed by atoms with E-state index in [1.165, 1.54) is 0 Å². The average molecular weight is 314 g/mol. The maximum Gasteiger partial charge on any atom is 0.238 e. The maximum atomic E-state index is 12.1. The molecule has 1 N–H and O–H groups in total. The van der Waals surface area contributed by atoms with Gasteiger partial charge in [0.1, 0.15) is 11.5 Å². The summed E-state index contributed by atoms with van der Waals surface area (Å²) in [5.74, 6) is 1.54. The lowest BCUT2D eigenvalue weighted by Gasteiger charge is -2.16. The molecule has 0 aliphatic carbocycles. The second-order valence-electron chi connectivity index (χ2n) is 5.30. The Kier molecular flexibility index (Phi) is 6.00. The first-order valence-electron chi connectivity index (χ1n) is 7.36. The van der Waals surface area contributed by atoms with Gasteiger partial charge in [0.05, 0.1) is 20.8 Å². The highest BCUT2D eigenvalue weighted by Crippen LogP contribution is 2.15. The molecule has 2 aromatic rings.